The molecule has 1 N–H and O–H groups in total. The number of hydrogen-bond donors (Lipinski definition) is 1. The number of sulfonamides is 1. The smallest absolute Gasteiger partial charge is 0.338 e. The average molecular weight is 397 g/mol. The molecule has 1 aromatic rings. The van der Waals surface area contributed by atoms with Crippen LogP contribution in [-0.4, -0.2) is 50.3 Å². The van der Waals surface area contributed by atoms with E-state index in [9.17, 15) is 18.0 Å². The van der Waals surface area contributed by atoms with Gasteiger partial charge in [0.25, 0.3) is 5.91 Å². The van der Waals surface area contributed by atoms with Crippen molar-refractivity contribution in [3.8, 4) is 0 Å². The van der Waals surface area contributed by atoms with Gasteiger partial charge in [0.2, 0.25) is 10.0 Å². The summed E-state index contributed by atoms with van der Waals surface area (Å²) in [5, 5.41) is 2.75. The molecule has 150 valence electrons. The third-order valence-corrected chi connectivity index (χ3v) is 6.42. The molecular formula is C19H28N2O5S. The van der Waals surface area contributed by atoms with Crippen LogP contribution < -0.4 is 5.32 Å². The van der Waals surface area contributed by atoms with Crippen molar-refractivity contribution in [1.29, 1.82) is 0 Å². The Morgan fingerprint density at radius 2 is 1.78 bits per heavy atom. The van der Waals surface area contributed by atoms with Crippen LogP contribution in [0, 0.1) is 0 Å². The monoisotopic (exact) mass is 396 g/mol. The Kier molecular flexibility index (Phi) is 7.79. The van der Waals surface area contributed by atoms with Crippen molar-refractivity contribution in [2.24, 2.45) is 0 Å². The molecule has 1 aliphatic heterocycles. The number of rotatable bonds is 8. The van der Waals surface area contributed by atoms with Crippen LogP contribution in [0.4, 0.5) is 0 Å². The van der Waals surface area contributed by atoms with Gasteiger partial charge < -0.3 is 10.1 Å². The summed E-state index contributed by atoms with van der Waals surface area (Å²) in [7, 11) is -3.53. The Morgan fingerprint density at radius 3 is 2.37 bits per heavy atom. The Balaban J connectivity index is 1.92. The minimum Gasteiger partial charge on any atom is -0.452 e. The minimum absolute atomic E-state index is 0.0282. The Hall–Kier alpha value is -1.93. The Labute approximate surface area is 161 Å². The molecule has 2 rings (SSSR count). The van der Waals surface area contributed by atoms with Crippen LogP contribution in [0.1, 0.15) is 56.3 Å². The lowest BCUT2D eigenvalue weighted by Gasteiger charge is -2.25. The zero-order valence-corrected chi connectivity index (χ0v) is 16.8. The first kappa shape index (κ1) is 21.4. The van der Waals surface area contributed by atoms with E-state index in [0.717, 1.165) is 32.1 Å². The maximum atomic E-state index is 12.6. The molecule has 1 aliphatic rings. The molecule has 1 aromatic carbocycles. The lowest BCUT2D eigenvalue weighted by molar-refractivity contribution is -0.124. The fourth-order valence-electron chi connectivity index (χ4n) is 3.05. The van der Waals surface area contributed by atoms with Gasteiger partial charge in [0, 0.05) is 19.1 Å². The van der Waals surface area contributed by atoms with Crippen molar-refractivity contribution in [3.05, 3.63) is 29.8 Å². The van der Waals surface area contributed by atoms with Gasteiger partial charge in [0.05, 0.1) is 10.5 Å². The molecule has 0 bridgehead atoms. The van der Waals surface area contributed by atoms with Gasteiger partial charge in [-0.3, -0.25) is 4.79 Å². The van der Waals surface area contributed by atoms with Crippen molar-refractivity contribution in [2.75, 3.05) is 19.7 Å². The van der Waals surface area contributed by atoms with Gasteiger partial charge in [-0.2, -0.15) is 4.31 Å². The molecular weight excluding hydrogens is 368 g/mol. The van der Waals surface area contributed by atoms with E-state index in [4.69, 9.17) is 4.74 Å². The summed E-state index contributed by atoms with van der Waals surface area (Å²) in [6.45, 7) is 4.61. The standard InChI is InChI=1S/C19H28N2O5S/c1-3-7-15(2)20-18(22)14-26-19(23)16-8-10-17(11-9-16)27(24,25)21-12-5-4-6-13-21/h8-11,15H,3-7,12-14H2,1-2H3,(H,20,22). The van der Waals surface area contributed by atoms with Gasteiger partial charge in [0.15, 0.2) is 6.61 Å². The summed E-state index contributed by atoms with van der Waals surface area (Å²) in [5.41, 5.74) is 0.210. The summed E-state index contributed by atoms with van der Waals surface area (Å²) in [6, 6.07) is 5.67. The topological polar surface area (TPSA) is 92.8 Å². The summed E-state index contributed by atoms with van der Waals surface area (Å²) < 4.78 is 31.7. The van der Waals surface area contributed by atoms with E-state index in [2.05, 4.69) is 5.32 Å². The quantitative estimate of drug-likeness (QED) is 0.681. The maximum Gasteiger partial charge on any atom is 0.338 e. The van der Waals surface area contributed by atoms with Crippen molar-refractivity contribution in [1.82, 2.24) is 9.62 Å². The minimum atomic E-state index is -3.53. The normalized spacial score (nSPS) is 16.5. The molecule has 1 unspecified atom stereocenters. The number of piperidine rings is 1. The largest absolute Gasteiger partial charge is 0.452 e. The number of esters is 1. The van der Waals surface area contributed by atoms with E-state index in [1.807, 2.05) is 13.8 Å². The number of amides is 1. The highest BCUT2D eigenvalue weighted by Crippen LogP contribution is 2.21. The molecule has 0 spiro atoms. The fourth-order valence-corrected chi connectivity index (χ4v) is 4.57. The van der Waals surface area contributed by atoms with Crippen LogP contribution in [0.5, 0.6) is 0 Å². The molecule has 1 heterocycles. The molecule has 8 heteroatoms. The predicted octanol–water partition coefficient (Wildman–Crippen LogP) is 2.32. The first-order valence-electron chi connectivity index (χ1n) is 9.41. The van der Waals surface area contributed by atoms with Crippen LogP contribution in [0.25, 0.3) is 0 Å². The number of nitrogens with zero attached hydrogens (tertiary/aromatic N) is 1. The second kappa shape index (κ2) is 9.85. The number of hydrogen-bond acceptors (Lipinski definition) is 5. The van der Waals surface area contributed by atoms with E-state index >= 15 is 0 Å². The van der Waals surface area contributed by atoms with Gasteiger partial charge in [-0.1, -0.05) is 19.8 Å². The van der Waals surface area contributed by atoms with Crippen molar-refractivity contribution < 1.29 is 22.7 Å². The predicted molar refractivity (Wildman–Crippen MR) is 102 cm³/mol. The molecule has 1 amide bonds. The first-order chi connectivity index (χ1) is 12.8. The second-order valence-corrected chi connectivity index (χ2v) is 8.76. The molecule has 0 radical (unpaired) electrons. The Bertz CT molecular complexity index is 740. The molecule has 0 saturated carbocycles. The van der Waals surface area contributed by atoms with Crippen molar-refractivity contribution >= 4 is 21.9 Å². The van der Waals surface area contributed by atoms with Crippen LogP contribution >= 0.6 is 0 Å². The lowest BCUT2D eigenvalue weighted by atomic mass is 10.2. The number of benzene rings is 1. The molecule has 7 nitrogen and oxygen atoms in total. The highest BCUT2D eigenvalue weighted by molar-refractivity contribution is 7.89. The molecule has 0 aromatic heterocycles. The van der Waals surface area contributed by atoms with E-state index in [-0.39, 0.29) is 29.0 Å². The van der Waals surface area contributed by atoms with E-state index in [1.165, 1.54) is 28.6 Å². The fraction of sp³-hybridized carbons (Fsp3) is 0.579. The number of nitrogens with one attached hydrogen (secondary N) is 1. The van der Waals surface area contributed by atoms with Crippen LogP contribution in [-0.2, 0) is 19.6 Å². The zero-order chi connectivity index (χ0) is 19.9. The summed E-state index contributed by atoms with van der Waals surface area (Å²) >= 11 is 0. The first-order valence-corrected chi connectivity index (χ1v) is 10.8. The highest BCUT2D eigenvalue weighted by atomic mass is 32.2. The molecule has 1 atom stereocenters. The molecule has 1 fully saturated rings. The van der Waals surface area contributed by atoms with Gasteiger partial charge in [-0.05, 0) is 50.5 Å². The number of carbonyl (C=O) groups is 2. The third kappa shape index (κ3) is 6.04. The van der Waals surface area contributed by atoms with Gasteiger partial charge in [-0.25, -0.2) is 13.2 Å². The summed E-state index contributed by atoms with van der Waals surface area (Å²) in [6.07, 6.45) is 4.58. The van der Waals surface area contributed by atoms with Gasteiger partial charge in [0.1, 0.15) is 0 Å². The number of carbonyl (C=O) groups excluding carboxylic acids is 2. The molecule has 1 saturated heterocycles. The molecule has 0 aliphatic carbocycles. The lowest BCUT2D eigenvalue weighted by Crippen LogP contribution is -2.36. The average Bonchev–Trinajstić information content (AvgIpc) is 2.67. The SMILES string of the molecule is CCCC(C)NC(=O)COC(=O)c1ccc(S(=O)(=O)N2CCCCC2)cc1. The van der Waals surface area contributed by atoms with Crippen LogP contribution in [0.3, 0.4) is 0 Å². The second-order valence-electron chi connectivity index (χ2n) is 6.82. The van der Waals surface area contributed by atoms with E-state index < -0.39 is 16.0 Å². The summed E-state index contributed by atoms with van der Waals surface area (Å²) in [5.74, 6) is -1.01. The van der Waals surface area contributed by atoms with Crippen LogP contribution in [0.2, 0.25) is 0 Å². The van der Waals surface area contributed by atoms with Crippen molar-refractivity contribution in [3.63, 3.8) is 0 Å². The third-order valence-electron chi connectivity index (χ3n) is 4.51. The van der Waals surface area contributed by atoms with Crippen molar-refractivity contribution in [2.45, 2.75) is 56.9 Å². The summed E-state index contributed by atoms with van der Waals surface area (Å²) in [4.78, 5) is 24.0. The maximum absolute atomic E-state index is 12.6. The van der Waals surface area contributed by atoms with E-state index in [0.29, 0.717) is 13.1 Å². The van der Waals surface area contributed by atoms with Crippen LogP contribution in [0.15, 0.2) is 29.2 Å². The van der Waals surface area contributed by atoms with Gasteiger partial charge in [-0.15, -0.1) is 0 Å². The van der Waals surface area contributed by atoms with Gasteiger partial charge >= 0.3 is 5.97 Å². The highest BCUT2D eigenvalue weighted by Gasteiger charge is 2.26. The molecule has 27 heavy (non-hydrogen) atoms. The Morgan fingerprint density at radius 1 is 1.15 bits per heavy atom. The zero-order valence-electron chi connectivity index (χ0n) is 15.9. The number of ether oxygens (including phenoxy) is 1. The van der Waals surface area contributed by atoms with E-state index in [1.54, 1.807) is 0 Å².